The summed E-state index contributed by atoms with van der Waals surface area (Å²) in [6, 6.07) is 0. The molecule has 92 valence electrons. The second-order valence-corrected chi connectivity index (χ2v) is 6.44. The lowest BCUT2D eigenvalue weighted by Crippen LogP contribution is -2.31. The predicted octanol–water partition coefficient (Wildman–Crippen LogP) is 3.82. The Morgan fingerprint density at radius 2 is 2.19 bits per heavy atom. The van der Waals surface area contributed by atoms with Gasteiger partial charge < -0.3 is 4.74 Å². The van der Waals surface area contributed by atoms with Crippen LogP contribution in [0, 0.1) is 0 Å². The van der Waals surface area contributed by atoms with Crippen LogP contribution in [0.25, 0.3) is 0 Å². The maximum Gasteiger partial charge on any atom is 0.209 e. The SMILES string of the molecule is CCCSC1=COC(C=O)(SCCC)CC1. The maximum atomic E-state index is 11.1. The van der Waals surface area contributed by atoms with E-state index in [-0.39, 0.29) is 0 Å². The van der Waals surface area contributed by atoms with Crippen molar-refractivity contribution >= 4 is 29.8 Å². The van der Waals surface area contributed by atoms with E-state index in [4.69, 9.17) is 4.74 Å². The third-order valence-electron chi connectivity index (χ3n) is 2.33. The Morgan fingerprint density at radius 1 is 1.44 bits per heavy atom. The van der Waals surface area contributed by atoms with Gasteiger partial charge in [0.2, 0.25) is 4.93 Å². The van der Waals surface area contributed by atoms with Crippen molar-refractivity contribution < 1.29 is 9.53 Å². The predicted molar refractivity (Wildman–Crippen MR) is 72.7 cm³/mol. The molecular formula is C12H20O2S2. The van der Waals surface area contributed by atoms with Crippen molar-refractivity contribution in [1.82, 2.24) is 0 Å². The first kappa shape index (κ1) is 14.0. The van der Waals surface area contributed by atoms with E-state index in [9.17, 15) is 4.79 Å². The minimum atomic E-state index is -0.605. The van der Waals surface area contributed by atoms with Crippen molar-refractivity contribution in [2.45, 2.75) is 44.5 Å². The molecule has 0 saturated heterocycles. The van der Waals surface area contributed by atoms with E-state index in [1.165, 1.54) is 11.3 Å². The Bertz CT molecular complexity index is 253. The van der Waals surface area contributed by atoms with Gasteiger partial charge in [0.1, 0.15) is 0 Å². The smallest absolute Gasteiger partial charge is 0.209 e. The first-order valence-corrected chi connectivity index (χ1v) is 7.83. The molecule has 1 atom stereocenters. The molecule has 0 fully saturated rings. The molecule has 0 radical (unpaired) electrons. The van der Waals surface area contributed by atoms with E-state index in [2.05, 4.69) is 13.8 Å². The number of allylic oxidation sites excluding steroid dienone is 1. The summed E-state index contributed by atoms with van der Waals surface area (Å²) in [5.41, 5.74) is 0. The molecule has 0 aromatic rings. The second kappa shape index (κ2) is 7.28. The molecule has 0 N–H and O–H groups in total. The van der Waals surface area contributed by atoms with Gasteiger partial charge in [-0.1, -0.05) is 13.8 Å². The topological polar surface area (TPSA) is 26.3 Å². The summed E-state index contributed by atoms with van der Waals surface area (Å²) < 4.78 is 5.64. The number of hydrogen-bond acceptors (Lipinski definition) is 4. The number of rotatable bonds is 7. The highest BCUT2D eigenvalue weighted by Crippen LogP contribution is 2.38. The number of ether oxygens (including phenoxy) is 1. The average molecular weight is 260 g/mol. The van der Waals surface area contributed by atoms with Crippen LogP contribution in [0.15, 0.2) is 11.2 Å². The summed E-state index contributed by atoms with van der Waals surface area (Å²) in [5.74, 6) is 2.11. The van der Waals surface area contributed by atoms with E-state index in [0.717, 1.165) is 37.1 Å². The van der Waals surface area contributed by atoms with Crippen molar-refractivity contribution in [2.24, 2.45) is 0 Å². The van der Waals surface area contributed by atoms with Gasteiger partial charge in [0.15, 0.2) is 6.29 Å². The Hall–Kier alpha value is -0.0900. The van der Waals surface area contributed by atoms with Gasteiger partial charge in [0, 0.05) is 11.3 Å². The van der Waals surface area contributed by atoms with Crippen LogP contribution in [0.3, 0.4) is 0 Å². The lowest BCUT2D eigenvalue weighted by molar-refractivity contribution is -0.118. The molecular weight excluding hydrogens is 240 g/mol. The monoisotopic (exact) mass is 260 g/mol. The Labute approximate surface area is 107 Å². The van der Waals surface area contributed by atoms with Crippen LogP contribution in [-0.4, -0.2) is 22.7 Å². The molecule has 0 aliphatic carbocycles. The molecule has 16 heavy (non-hydrogen) atoms. The average Bonchev–Trinajstić information content (AvgIpc) is 2.35. The summed E-state index contributed by atoms with van der Waals surface area (Å²) >= 11 is 3.47. The Kier molecular flexibility index (Phi) is 6.36. The van der Waals surface area contributed by atoms with Gasteiger partial charge in [-0.25, -0.2) is 0 Å². The molecule has 0 spiro atoms. The van der Waals surface area contributed by atoms with Crippen molar-refractivity contribution in [2.75, 3.05) is 11.5 Å². The lowest BCUT2D eigenvalue weighted by Gasteiger charge is -2.31. The maximum absolute atomic E-state index is 11.1. The molecule has 0 aromatic heterocycles. The van der Waals surface area contributed by atoms with Gasteiger partial charge in [-0.05, 0) is 30.8 Å². The highest BCUT2D eigenvalue weighted by Gasteiger charge is 2.34. The van der Waals surface area contributed by atoms with Gasteiger partial charge in [0.25, 0.3) is 0 Å². The minimum Gasteiger partial charge on any atom is -0.476 e. The normalized spacial score (nSPS) is 24.8. The molecule has 0 saturated carbocycles. The number of carbonyl (C=O) groups is 1. The zero-order valence-electron chi connectivity index (χ0n) is 10.0. The van der Waals surface area contributed by atoms with Crippen molar-refractivity contribution in [3.05, 3.63) is 11.2 Å². The molecule has 1 unspecified atom stereocenters. The number of aldehydes is 1. The fraction of sp³-hybridized carbons (Fsp3) is 0.750. The Balaban J connectivity index is 2.48. The van der Waals surface area contributed by atoms with E-state index in [0.29, 0.717) is 0 Å². The van der Waals surface area contributed by atoms with E-state index in [1.807, 2.05) is 11.8 Å². The van der Waals surface area contributed by atoms with E-state index in [1.54, 1.807) is 18.0 Å². The quantitative estimate of drug-likeness (QED) is 0.650. The standard InChI is InChI=1S/C12H20O2S2/c1-3-7-15-11-5-6-12(10-13,14-9-11)16-8-4-2/h9-10H,3-8H2,1-2H3. The van der Waals surface area contributed by atoms with Gasteiger partial charge >= 0.3 is 0 Å². The van der Waals surface area contributed by atoms with Crippen LogP contribution in [-0.2, 0) is 9.53 Å². The highest BCUT2D eigenvalue weighted by molar-refractivity contribution is 8.03. The summed E-state index contributed by atoms with van der Waals surface area (Å²) in [5, 5.41) is 0. The van der Waals surface area contributed by atoms with Gasteiger partial charge in [0.05, 0.1) is 6.26 Å². The fourth-order valence-electron chi connectivity index (χ4n) is 1.42. The first-order chi connectivity index (χ1) is 7.76. The molecule has 0 amide bonds. The van der Waals surface area contributed by atoms with Crippen molar-refractivity contribution in [1.29, 1.82) is 0 Å². The van der Waals surface area contributed by atoms with Gasteiger partial charge in [-0.15, -0.1) is 23.5 Å². The highest BCUT2D eigenvalue weighted by atomic mass is 32.2. The van der Waals surface area contributed by atoms with Gasteiger partial charge in [-0.2, -0.15) is 0 Å². The summed E-state index contributed by atoms with van der Waals surface area (Å²) in [4.78, 5) is 11.8. The molecule has 0 aromatic carbocycles. The first-order valence-electron chi connectivity index (χ1n) is 5.86. The van der Waals surface area contributed by atoms with Crippen LogP contribution in [0.1, 0.15) is 39.5 Å². The lowest BCUT2D eigenvalue weighted by atomic mass is 10.2. The second-order valence-electron chi connectivity index (χ2n) is 3.83. The molecule has 0 bridgehead atoms. The third kappa shape index (κ3) is 4.06. The van der Waals surface area contributed by atoms with Crippen LogP contribution in [0.2, 0.25) is 0 Å². The summed E-state index contributed by atoms with van der Waals surface area (Å²) in [6.07, 6.45) is 6.78. The Morgan fingerprint density at radius 3 is 2.69 bits per heavy atom. The van der Waals surface area contributed by atoms with Crippen LogP contribution >= 0.6 is 23.5 Å². The zero-order valence-corrected chi connectivity index (χ0v) is 11.7. The molecule has 1 aliphatic rings. The third-order valence-corrected chi connectivity index (χ3v) is 5.11. The van der Waals surface area contributed by atoms with E-state index < -0.39 is 4.93 Å². The molecule has 1 aliphatic heterocycles. The zero-order chi connectivity index (χ0) is 11.9. The minimum absolute atomic E-state index is 0.605. The number of carbonyl (C=O) groups excluding carboxylic acids is 1. The number of thioether (sulfide) groups is 2. The summed E-state index contributed by atoms with van der Waals surface area (Å²) in [6.45, 7) is 4.29. The number of hydrogen-bond donors (Lipinski definition) is 0. The van der Waals surface area contributed by atoms with Crippen LogP contribution in [0.5, 0.6) is 0 Å². The largest absolute Gasteiger partial charge is 0.476 e. The molecule has 1 heterocycles. The van der Waals surface area contributed by atoms with Crippen molar-refractivity contribution in [3.8, 4) is 0 Å². The molecule has 2 nitrogen and oxygen atoms in total. The summed E-state index contributed by atoms with van der Waals surface area (Å²) in [7, 11) is 0. The van der Waals surface area contributed by atoms with Crippen molar-refractivity contribution in [3.63, 3.8) is 0 Å². The van der Waals surface area contributed by atoms with Gasteiger partial charge in [-0.3, -0.25) is 4.79 Å². The van der Waals surface area contributed by atoms with Crippen LogP contribution < -0.4 is 0 Å². The van der Waals surface area contributed by atoms with Crippen LogP contribution in [0.4, 0.5) is 0 Å². The molecule has 4 heteroatoms. The fourth-order valence-corrected chi connectivity index (χ4v) is 3.23. The molecule has 1 rings (SSSR count). The van der Waals surface area contributed by atoms with E-state index >= 15 is 0 Å².